The van der Waals surface area contributed by atoms with Crippen LogP contribution in [0.25, 0.3) is 0 Å². The van der Waals surface area contributed by atoms with Crippen molar-refractivity contribution in [1.82, 2.24) is 5.43 Å². The maximum absolute atomic E-state index is 12.2. The summed E-state index contributed by atoms with van der Waals surface area (Å²) in [5, 5.41) is 9.18. The predicted octanol–water partition coefficient (Wildman–Crippen LogP) is 3.72. The van der Waals surface area contributed by atoms with Crippen LogP contribution in [0.4, 0.5) is 11.4 Å². The number of carbonyl (C=O) groups excluding carboxylic acids is 3. The van der Waals surface area contributed by atoms with Gasteiger partial charge < -0.3 is 15.4 Å². The van der Waals surface area contributed by atoms with Crippen LogP contribution in [0, 0.1) is 20.8 Å². The molecule has 3 amide bonds. The van der Waals surface area contributed by atoms with Crippen molar-refractivity contribution in [2.45, 2.75) is 20.8 Å². The number of rotatable bonds is 7. The SMILES string of the molecule is Cc1ccccc1NC(=O)C(=O)N/N=C\c1ccc(OCC(=O)Nc2cccc(C)c2C)cc1. The molecule has 0 aromatic heterocycles. The molecule has 0 bridgehead atoms. The number of hydrogen-bond donors (Lipinski definition) is 3. The monoisotopic (exact) mass is 458 g/mol. The van der Waals surface area contributed by atoms with E-state index in [0.717, 1.165) is 22.4 Å². The maximum atomic E-state index is 12.2. The number of para-hydroxylation sites is 1. The first-order chi connectivity index (χ1) is 16.3. The van der Waals surface area contributed by atoms with E-state index in [0.29, 0.717) is 17.0 Å². The molecule has 0 radical (unpaired) electrons. The largest absolute Gasteiger partial charge is 0.484 e. The molecular weight excluding hydrogens is 432 g/mol. The quantitative estimate of drug-likeness (QED) is 0.285. The van der Waals surface area contributed by atoms with Crippen LogP contribution in [0.15, 0.2) is 71.8 Å². The number of ether oxygens (including phenoxy) is 1. The number of nitrogens with zero attached hydrogens (tertiary/aromatic N) is 1. The Hall–Kier alpha value is -4.46. The maximum Gasteiger partial charge on any atom is 0.329 e. The zero-order valence-corrected chi connectivity index (χ0v) is 19.2. The van der Waals surface area contributed by atoms with Crippen LogP contribution in [0.2, 0.25) is 0 Å². The van der Waals surface area contributed by atoms with Crippen LogP contribution in [0.5, 0.6) is 5.75 Å². The first kappa shape index (κ1) is 24.2. The van der Waals surface area contributed by atoms with E-state index < -0.39 is 11.8 Å². The van der Waals surface area contributed by atoms with Crippen molar-refractivity contribution in [3.05, 3.63) is 89.0 Å². The second kappa shape index (κ2) is 11.4. The number of carbonyl (C=O) groups is 3. The van der Waals surface area contributed by atoms with Gasteiger partial charge >= 0.3 is 11.8 Å². The molecule has 0 aliphatic carbocycles. The average Bonchev–Trinajstić information content (AvgIpc) is 2.83. The minimum Gasteiger partial charge on any atom is -0.484 e. The summed E-state index contributed by atoms with van der Waals surface area (Å²) in [4.78, 5) is 36.1. The Labute approximate surface area is 198 Å². The molecule has 8 nitrogen and oxygen atoms in total. The third kappa shape index (κ3) is 6.77. The van der Waals surface area contributed by atoms with Gasteiger partial charge in [-0.15, -0.1) is 0 Å². The zero-order valence-electron chi connectivity index (χ0n) is 19.2. The van der Waals surface area contributed by atoms with Crippen molar-refractivity contribution in [3.63, 3.8) is 0 Å². The molecule has 0 atom stereocenters. The first-order valence-corrected chi connectivity index (χ1v) is 10.6. The number of hydrogen-bond acceptors (Lipinski definition) is 5. The highest BCUT2D eigenvalue weighted by molar-refractivity contribution is 6.39. The number of aryl methyl sites for hydroxylation is 2. The number of nitrogens with one attached hydrogen (secondary N) is 3. The van der Waals surface area contributed by atoms with Crippen molar-refractivity contribution in [2.75, 3.05) is 17.2 Å². The molecule has 3 rings (SSSR count). The Kier molecular flexibility index (Phi) is 8.12. The lowest BCUT2D eigenvalue weighted by Crippen LogP contribution is -2.32. The van der Waals surface area contributed by atoms with Gasteiger partial charge in [0.1, 0.15) is 5.75 Å². The molecule has 8 heteroatoms. The van der Waals surface area contributed by atoms with Crippen molar-refractivity contribution in [1.29, 1.82) is 0 Å². The Morgan fingerprint density at radius 2 is 1.47 bits per heavy atom. The summed E-state index contributed by atoms with van der Waals surface area (Å²) in [6.07, 6.45) is 1.40. The molecule has 0 saturated carbocycles. The molecule has 0 heterocycles. The Balaban J connectivity index is 1.45. The van der Waals surface area contributed by atoms with Crippen LogP contribution in [-0.4, -0.2) is 30.5 Å². The van der Waals surface area contributed by atoms with E-state index in [1.54, 1.807) is 36.4 Å². The second-order valence-corrected chi connectivity index (χ2v) is 7.62. The third-order valence-corrected chi connectivity index (χ3v) is 5.11. The molecule has 0 aliphatic rings. The van der Waals surface area contributed by atoms with Crippen molar-refractivity contribution in [2.24, 2.45) is 5.10 Å². The number of benzene rings is 3. The first-order valence-electron chi connectivity index (χ1n) is 10.6. The fourth-order valence-electron chi connectivity index (χ4n) is 2.98. The summed E-state index contributed by atoms with van der Waals surface area (Å²) in [5.41, 5.74) is 7.14. The fraction of sp³-hybridized carbons (Fsp3) is 0.154. The average molecular weight is 459 g/mol. The molecule has 3 aromatic carbocycles. The number of amides is 3. The van der Waals surface area contributed by atoms with Crippen LogP contribution in [0.3, 0.4) is 0 Å². The minimum absolute atomic E-state index is 0.132. The molecule has 0 unspecified atom stereocenters. The van der Waals surface area contributed by atoms with Gasteiger partial charge in [0.05, 0.1) is 6.21 Å². The fourth-order valence-corrected chi connectivity index (χ4v) is 2.98. The topological polar surface area (TPSA) is 109 Å². The molecule has 0 spiro atoms. The lowest BCUT2D eigenvalue weighted by molar-refractivity contribution is -0.136. The Bertz CT molecular complexity index is 1220. The lowest BCUT2D eigenvalue weighted by Gasteiger charge is -2.11. The van der Waals surface area contributed by atoms with E-state index in [9.17, 15) is 14.4 Å². The molecule has 174 valence electrons. The summed E-state index contributed by atoms with van der Waals surface area (Å²) in [6.45, 7) is 5.63. The molecular formula is C26H26N4O4. The smallest absolute Gasteiger partial charge is 0.329 e. The van der Waals surface area contributed by atoms with E-state index >= 15 is 0 Å². The van der Waals surface area contributed by atoms with Gasteiger partial charge in [-0.1, -0.05) is 30.3 Å². The van der Waals surface area contributed by atoms with E-state index in [2.05, 4.69) is 21.2 Å². The van der Waals surface area contributed by atoms with Crippen LogP contribution in [-0.2, 0) is 14.4 Å². The zero-order chi connectivity index (χ0) is 24.5. The third-order valence-electron chi connectivity index (χ3n) is 5.11. The summed E-state index contributed by atoms with van der Waals surface area (Å²) in [7, 11) is 0. The number of hydrazone groups is 1. The summed E-state index contributed by atoms with van der Waals surface area (Å²) < 4.78 is 5.53. The molecule has 0 saturated heterocycles. The van der Waals surface area contributed by atoms with Gasteiger partial charge in [0.2, 0.25) is 0 Å². The summed E-state index contributed by atoms with van der Waals surface area (Å²) in [6, 6.07) is 19.6. The Morgan fingerprint density at radius 3 is 2.21 bits per heavy atom. The summed E-state index contributed by atoms with van der Waals surface area (Å²) in [5.74, 6) is -1.44. The standard InChI is InChI=1S/C26H26N4O4/c1-17-8-6-10-23(19(17)3)28-24(31)16-34-21-13-11-20(12-14-21)15-27-30-26(33)25(32)29-22-9-5-4-7-18(22)2/h4-15H,16H2,1-3H3,(H,28,31)(H,29,32)(H,30,33)/b27-15-. The molecule has 34 heavy (non-hydrogen) atoms. The van der Waals surface area contributed by atoms with Crippen molar-refractivity contribution >= 4 is 35.3 Å². The molecule has 0 aliphatic heterocycles. The van der Waals surface area contributed by atoms with Crippen molar-refractivity contribution < 1.29 is 19.1 Å². The van der Waals surface area contributed by atoms with Gasteiger partial charge in [-0.25, -0.2) is 5.43 Å². The van der Waals surface area contributed by atoms with Crippen LogP contribution in [0.1, 0.15) is 22.3 Å². The Morgan fingerprint density at radius 1 is 0.794 bits per heavy atom. The van der Waals surface area contributed by atoms with E-state index in [1.807, 2.05) is 51.1 Å². The van der Waals surface area contributed by atoms with E-state index in [1.165, 1.54) is 6.21 Å². The van der Waals surface area contributed by atoms with Crippen LogP contribution < -0.4 is 20.8 Å². The number of anilines is 2. The van der Waals surface area contributed by atoms with Gasteiger partial charge in [0.25, 0.3) is 5.91 Å². The van der Waals surface area contributed by atoms with Gasteiger partial charge in [0.15, 0.2) is 6.61 Å². The normalized spacial score (nSPS) is 10.6. The highest BCUT2D eigenvalue weighted by Crippen LogP contribution is 2.18. The van der Waals surface area contributed by atoms with Crippen molar-refractivity contribution in [3.8, 4) is 5.75 Å². The van der Waals surface area contributed by atoms with Gasteiger partial charge in [0, 0.05) is 11.4 Å². The van der Waals surface area contributed by atoms with Crippen LogP contribution >= 0.6 is 0 Å². The van der Waals surface area contributed by atoms with Gasteiger partial charge in [-0.3, -0.25) is 14.4 Å². The minimum atomic E-state index is -0.880. The molecule has 3 N–H and O–H groups in total. The van der Waals surface area contributed by atoms with E-state index in [-0.39, 0.29) is 12.5 Å². The second-order valence-electron chi connectivity index (χ2n) is 7.62. The molecule has 3 aromatic rings. The highest BCUT2D eigenvalue weighted by Gasteiger charge is 2.13. The predicted molar refractivity (Wildman–Crippen MR) is 132 cm³/mol. The molecule has 0 fully saturated rings. The van der Waals surface area contributed by atoms with E-state index in [4.69, 9.17) is 4.74 Å². The lowest BCUT2D eigenvalue weighted by atomic mass is 10.1. The van der Waals surface area contributed by atoms with Gasteiger partial charge in [-0.2, -0.15) is 5.10 Å². The van der Waals surface area contributed by atoms with Gasteiger partial charge in [-0.05, 0) is 79.4 Å². The summed E-state index contributed by atoms with van der Waals surface area (Å²) >= 11 is 0. The highest BCUT2D eigenvalue weighted by atomic mass is 16.5.